The molecule has 0 unspecified atom stereocenters. The van der Waals surface area contributed by atoms with Crippen molar-refractivity contribution in [2.45, 2.75) is 17.5 Å². The summed E-state index contributed by atoms with van der Waals surface area (Å²) in [5.74, 6) is 0.0154. The van der Waals surface area contributed by atoms with Gasteiger partial charge in [0.1, 0.15) is 0 Å². The lowest BCUT2D eigenvalue weighted by Crippen LogP contribution is -2.32. The Balaban J connectivity index is 1.70. The van der Waals surface area contributed by atoms with Crippen LogP contribution in [0.5, 0.6) is 0 Å². The molecule has 0 aromatic heterocycles. The molecule has 0 amide bonds. The van der Waals surface area contributed by atoms with Crippen molar-refractivity contribution in [3.8, 4) is 0 Å². The predicted octanol–water partition coefficient (Wildman–Crippen LogP) is 4.16. The first kappa shape index (κ1) is 20.0. The van der Waals surface area contributed by atoms with E-state index in [1.54, 1.807) is 0 Å². The van der Waals surface area contributed by atoms with Crippen LogP contribution in [0, 0.1) is 5.92 Å². The first-order valence-electron chi connectivity index (χ1n) is 8.33. The highest BCUT2D eigenvalue weighted by atomic mass is 35.5. The third-order valence-electron chi connectivity index (χ3n) is 4.51. The van der Waals surface area contributed by atoms with Gasteiger partial charge in [0.15, 0.2) is 0 Å². The minimum Gasteiger partial charge on any atom is -0.371 e. The highest BCUT2D eigenvalue weighted by Gasteiger charge is 2.37. The van der Waals surface area contributed by atoms with Gasteiger partial charge >= 0.3 is 6.18 Å². The Hall–Kier alpha value is -1.77. The molecule has 1 fully saturated rings. The van der Waals surface area contributed by atoms with Crippen LogP contribution in [0.2, 0.25) is 5.02 Å². The van der Waals surface area contributed by atoms with Gasteiger partial charge in [-0.15, -0.1) is 0 Å². The predicted molar refractivity (Wildman–Crippen MR) is 98.4 cm³/mol. The molecule has 1 atom stereocenters. The average molecular weight is 419 g/mol. The van der Waals surface area contributed by atoms with E-state index in [1.165, 1.54) is 0 Å². The third kappa shape index (κ3) is 4.75. The summed E-state index contributed by atoms with van der Waals surface area (Å²) in [6.07, 6.45) is -4.06. The maximum atomic E-state index is 13.2. The maximum absolute atomic E-state index is 13.2. The van der Waals surface area contributed by atoms with E-state index in [0.29, 0.717) is 12.6 Å². The minimum atomic E-state index is -4.81. The third-order valence-corrected chi connectivity index (χ3v) is 6.22. The fraction of sp³-hybridized carbons (Fsp3) is 0.333. The normalized spacial score (nSPS) is 18.1. The van der Waals surface area contributed by atoms with E-state index in [4.69, 9.17) is 11.6 Å². The summed E-state index contributed by atoms with van der Waals surface area (Å²) in [4.78, 5) is 1.32. The second kappa shape index (κ2) is 7.69. The average Bonchev–Trinajstić information content (AvgIpc) is 3.09. The molecule has 2 aromatic carbocycles. The summed E-state index contributed by atoms with van der Waals surface area (Å²) in [5.41, 5.74) is -0.222. The van der Waals surface area contributed by atoms with E-state index in [9.17, 15) is 21.6 Å². The van der Waals surface area contributed by atoms with Gasteiger partial charge in [-0.1, -0.05) is 29.8 Å². The molecule has 1 aliphatic heterocycles. The molecule has 1 N–H and O–H groups in total. The van der Waals surface area contributed by atoms with Gasteiger partial charge in [0.2, 0.25) is 10.0 Å². The molecule has 0 saturated carbocycles. The number of nitrogens with one attached hydrogen (secondary N) is 1. The number of alkyl halides is 3. The molecule has 0 spiro atoms. The van der Waals surface area contributed by atoms with Crippen molar-refractivity contribution in [3.63, 3.8) is 0 Å². The number of sulfonamides is 1. The highest BCUT2D eigenvalue weighted by molar-refractivity contribution is 7.89. The van der Waals surface area contributed by atoms with E-state index < -0.39 is 26.7 Å². The standard InChI is InChI=1S/C18H18ClF3N2O2S/c19-14-6-7-17(16(10-14)18(20,21)22)27(25,26)23-11-13-8-9-24(12-13)15-4-2-1-3-5-15/h1-7,10,13,23H,8-9,11-12H2/t13-/m1/s1. The van der Waals surface area contributed by atoms with Crippen molar-refractivity contribution in [1.82, 2.24) is 4.72 Å². The summed E-state index contributed by atoms with van der Waals surface area (Å²) in [6.45, 7) is 1.48. The smallest absolute Gasteiger partial charge is 0.371 e. The van der Waals surface area contributed by atoms with E-state index in [2.05, 4.69) is 9.62 Å². The first-order valence-corrected chi connectivity index (χ1v) is 10.2. The van der Waals surface area contributed by atoms with Crippen LogP contribution >= 0.6 is 11.6 Å². The number of hydrogen-bond acceptors (Lipinski definition) is 3. The van der Waals surface area contributed by atoms with Gasteiger partial charge in [-0.3, -0.25) is 0 Å². The molecule has 1 saturated heterocycles. The zero-order valence-electron chi connectivity index (χ0n) is 14.2. The summed E-state index contributed by atoms with van der Waals surface area (Å²) < 4.78 is 66.8. The number of anilines is 1. The van der Waals surface area contributed by atoms with Gasteiger partial charge in [-0.25, -0.2) is 13.1 Å². The molecule has 0 aliphatic carbocycles. The quantitative estimate of drug-likeness (QED) is 0.793. The number of halogens is 4. The lowest BCUT2D eigenvalue weighted by atomic mass is 10.1. The molecule has 1 heterocycles. The fourth-order valence-corrected chi connectivity index (χ4v) is 4.63. The number of benzene rings is 2. The van der Waals surface area contributed by atoms with Crippen LogP contribution in [0.3, 0.4) is 0 Å². The van der Waals surface area contributed by atoms with Gasteiger partial charge < -0.3 is 4.90 Å². The van der Waals surface area contributed by atoms with Crippen LogP contribution in [-0.4, -0.2) is 28.1 Å². The monoisotopic (exact) mass is 418 g/mol. The van der Waals surface area contributed by atoms with Gasteiger partial charge in [0.05, 0.1) is 10.5 Å². The summed E-state index contributed by atoms with van der Waals surface area (Å²) in [6, 6.07) is 12.3. The van der Waals surface area contributed by atoms with Crippen molar-refractivity contribution in [3.05, 3.63) is 59.1 Å². The van der Waals surface area contributed by atoms with Crippen molar-refractivity contribution in [2.75, 3.05) is 24.5 Å². The van der Waals surface area contributed by atoms with E-state index in [1.807, 2.05) is 30.3 Å². The number of nitrogens with zero attached hydrogens (tertiary/aromatic N) is 1. The second-order valence-corrected chi connectivity index (χ2v) is 8.60. The molecule has 2 aromatic rings. The Kier molecular flexibility index (Phi) is 5.69. The Labute approximate surface area is 161 Å². The SMILES string of the molecule is O=S(=O)(NC[C@H]1CCN(c2ccccc2)C1)c1ccc(Cl)cc1C(F)(F)F. The summed E-state index contributed by atoms with van der Waals surface area (Å²) in [7, 11) is -4.31. The van der Waals surface area contributed by atoms with Crippen LogP contribution in [0.15, 0.2) is 53.4 Å². The number of rotatable bonds is 5. The van der Waals surface area contributed by atoms with E-state index in [0.717, 1.165) is 30.8 Å². The fourth-order valence-electron chi connectivity index (χ4n) is 3.14. The van der Waals surface area contributed by atoms with Gasteiger partial charge in [-0.2, -0.15) is 13.2 Å². The molecule has 0 radical (unpaired) electrons. The zero-order chi connectivity index (χ0) is 19.7. The lowest BCUT2D eigenvalue weighted by molar-refractivity contribution is -0.139. The van der Waals surface area contributed by atoms with Gasteiger partial charge in [0.25, 0.3) is 0 Å². The van der Waals surface area contributed by atoms with Crippen LogP contribution in [0.25, 0.3) is 0 Å². The number of hydrogen-bond donors (Lipinski definition) is 1. The lowest BCUT2D eigenvalue weighted by Gasteiger charge is -2.19. The van der Waals surface area contributed by atoms with Crippen LogP contribution in [0.1, 0.15) is 12.0 Å². The Morgan fingerprint density at radius 1 is 1.15 bits per heavy atom. The van der Waals surface area contributed by atoms with Crippen molar-refractivity contribution < 1.29 is 21.6 Å². The molecule has 9 heteroatoms. The maximum Gasteiger partial charge on any atom is 0.417 e. The van der Waals surface area contributed by atoms with Crippen LogP contribution in [0.4, 0.5) is 18.9 Å². The zero-order valence-corrected chi connectivity index (χ0v) is 15.8. The Bertz CT molecular complexity index is 905. The Morgan fingerprint density at radius 2 is 1.85 bits per heavy atom. The summed E-state index contributed by atoms with van der Waals surface area (Å²) >= 11 is 5.61. The van der Waals surface area contributed by atoms with Crippen molar-refractivity contribution in [1.29, 1.82) is 0 Å². The molecule has 1 aliphatic rings. The first-order chi connectivity index (χ1) is 12.7. The largest absolute Gasteiger partial charge is 0.417 e. The minimum absolute atomic E-state index is 0.0154. The molecule has 4 nitrogen and oxygen atoms in total. The van der Waals surface area contributed by atoms with E-state index in [-0.39, 0.29) is 17.5 Å². The molecular weight excluding hydrogens is 401 g/mol. The van der Waals surface area contributed by atoms with Gasteiger partial charge in [0, 0.05) is 30.3 Å². The highest BCUT2D eigenvalue weighted by Crippen LogP contribution is 2.36. The molecule has 0 bridgehead atoms. The summed E-state index contributed by atoms with van der Waals surface area (Å²) in [5, 5.41) is -0.171. The van der Waals surface area contributed by atoms with Crippen LogP contribution in [-0.2, 0) is 16.2 Å². The molecular formula is C18H18ClF3N2O2S. The molecule has 27 heavy (non-hydrogen) atoms. The topological polar surface area (TPSA) is 49.4 Å². The van der Waals surface area contributed by atoms with E-state index >= 15 is 0 Å². The second-order valence-electron chi connectivity index (χ2n) is 6.43. The van der Waals surface area contributed by atoms with Crippen molar-refractivity contribution >= 4 is 27.3 Å². The number of para-hydroxylation sites is 1. The Morgan fingerprint density at radius 3 is 2.52 bits per heavy atom. The molecule has 146 valence electrons. The van der Waals surface area contributed by atoms with Gasteiger partial charge in [-0.05, 0) is 42.7 Å². The van der Waals surface area contributed by atoms with Crippen LogP contribution < -0.4 is 9.62 Å². The van der Waals surface area contributed by atoms with Crippen molar-refractivity contribution in [2.24, 2.45) is 5.92 Å². The molecule has 3 rings (SSSR count).